The van der Waals surface area contributed by atoms with E-state index in [4.69, 9.17) is 9.47 Å². The summed E-state index contributed by atoms with van der Waals surface area (Å²) in [5, 5.41) is 18.7. The molecule has 0 atom stereocenters. The summed E-state index contributed by atoms with van der Waals surface area (Å²) in [6, 6.07) is 18.1. The number of hydrogen-bond acceptors (Lipinski definition) is 6. The highest BCUT2D eigenvalue weighted by Crippen LogP contribution is 2.36. The van der Waals surface area contributed by atoms with Gasteiger partial charge in [-0.2, -0.15) is 0 Å². The van der Waals surface area contributed by atoms with E-state index < -0.39 is 5.97 Å². The summed E-state index contributed by atoms with van der Waals surface area (Å²) in [6.45, 7) is 0.361. The normalized spacial score (nSPS) is 18.0. The van der Waals surface area contributed by atoms with Gasteiger partial charge in [0.1, 0.15) is 11.9 Å². The fraction of sp³-hybridized carbons (Fsp3) is 0.308. The van der Waals surface area contributed by atoms with Gasteiger partial charge < -0.3 is 14.6 Å². The Morgan fingerprint density at radius 3 is 2.62 bits per heavy atom. The van der Waals surface area contributed by atoms with Crippen molar-refractivity contribution in [1.82, 2.24) is 20.0 Å². The Balaban J connectivity index is 1.28. The second kappa shape index (κ2) is 9.51. The van der Waals surface area contributed by atoms with E-state index in [1.807, 2.05) is 36.5 Å². The van der Waals surface area contributed by atoms with Gasteiger partial charge in [-0.1, -0.05) is 29.5 Å². The van der Waals surface area contributed by atoms with Crippen LogP contribution in [0, 0.1) is 0 Å². The van der Waals surface area contributed by atoms with Gasteiger partial charge in [0, 0.05) is 11.6 Å². The number of carbonyl (C=O) groups is 1. The predicted molar refractivity (Wildman–Crippen MR) is 126 cm³/mol. The minimum Gasteiger partial charge on any atom is -0.497 e. The van der Waals surface area contributed by atoms with Gasteiger partial charge in [-0.3, -0.25) is 4.98 Å². The number of carboxylic acids is 1. The van der Waals surface area contributed by atoms with Gasteiger partial charge in [-0.25, -0.2) is 9.48 Å². The van der Waals surface area contributed by atoms with Gasteiger partial charge in [-0.05, 0) is 73.1 Å². The van der Waals surface area contributed by atoms with Crippen LogP contribution in [0.15, 0.2) is 60.8 Å². The number of rotatable bonds is 7. The third-order valence-electron chi connectivity index (χ3n) is 6.43. The molecule has 1 aliphatic rings. The van der Waals surface area contributed by atoms with Gasteiger partial charge in [-0.15, -0.1) is 5.10 Å². The Morgan fingerprint density at radius 1 is 1.09 bits per heavy atom. The molecular weight excluding hydrogens is 432 g/mol. The first-order chi connectivity index (χ1) is 16.6. The van der Waals surface area contributed by atoms with E-state index in [0.29, 0.717) is 12.5 Å². The quantitative estimate of drug-likeness (QED) is 0.429. The molecule has 5 rings (SSSR count). The number of hydrogen-bond donors (Lipinski definition) is 1. The summed E-state index contributed by atoms with van der Waals surface area (Å²) in [5.74, 6) is 0.271. The van der Waals surface area contributed by atoms with Crippen molar-refractivity contribution in [2.24, 2.45) is 0 Å². The summed E-state index contributed by atoms with van der Waals surface area (Å²) >= 11 is 0. The van der Waals surface area contributed by atoms with Gasteiger partial charge >= 0.3 is 5.97 Å². The number of pyridine rings is 1. The molecule has 8 nitrogen and oxygen atoms in total. The van der Waals surface area contributed by atoms with Gasteiger partial charge in [0.15, 0.2) is 0 Å². The van der Waals surface area contributed by atoms with E-state index in [2.05, 4.69) is 39.6 Å². The average molecular weight is 459 g/mol. The van der Waals surface area contributed by atoms with Gasteiger partial charge in [0.05, 0.1) is 19.2 Å². The minimum absolute atomic E-state index is 0.0791. The maximum absolute atomic E-state index is 11.7. The predicted octanol–water partition coefficient (Wildman–Crippen LogP) is 4.69. The van der Waals surface area contributed by atoms with Crippen molar-refractivity contribution >= 4 is 16.9 Å². The standard InChI is InChI=1S/C26H26N4O4/c1-33-21-9-4-17(5-10-21)16-30-25(24(26(31)32)28-29-30)34-22-11-6-18(7-12-22)19-8-13-23-20(15-19)3-2-14-27-23/h2-5,8-10,13-15,18,22H,6-7,11-12,16H2,1H3,(H,31,32)/t18-,22-. The highest BCUT2D eigenvalue weighted by molar-refractivity contribution is 5.87. The Labute approximate surface area is 197 Å². The third kappa shape index (κ3) is 4.57. The Kier molecular flexibility index (Phi) is 6.12. The van der Waals surface area contributed by atoms with Gasteiger partial charge in [0.25, 0.3) is 0 Å². The van der Waals surface area contributed by atoms with Crippen LogP contribution < -0.4 is 9.47 Å². The molecule has 1 fully saturated rings. The Morgan fingerprint density at radius 2 is 1.88 bits per heavy atom. The van der Waals surface area contributed by atoms with Crippen molar-refractivity contribution in [1.29, 1.82) is 0 Å². The molecular formula is C26H26N4O4. The van der Waals surface area contributed by atoms with Crippen LogP contribution in [-0.2, 0) is 6.54 Å². The second-order valence-electron chi connectivity index (χ2n) is 8.60. The molecule has 2 aromatic carbocycles. The topological polar surface area (TPSA) is 99.4 Å². The fourth-order valence-electron chi connectivity index (χ4n) is 4.58. The number of nitrogens with zero attached hydrogens (tertiary/aromatic N) is 4. The van der Waals surface area contributed by atoms with Crippen LogP contribution >= 0.6 is 0 Å². The third-order valence-corrected chi connectivity index (χ3v) is 6.43. The largest absolute Gasteiger partial charge is 0.497 e. The van der Waals surface area contributed by atoms with Crippen LogP contribution in [-0.4, -0.2) is 44.3 Å². The molecule has 4 aromatic rings. The summed E-state index contributed by atoms with van der Waals surface area (Å²) < 4.78 is 12.9. The highest BCUT2D eigenvalue weighted by Gasteiger charge is 2.28. The molecule has 2 heterocycles. The van der Waals surface area contributed by atoms with Crippen molar-refractivity contribution in [2.45, 2.75) is 44.2 Å². The molecule has 0 bridgehead atoms. The molecule has 0 saturated heterocycles. The minimum atomic E-state index is -1.14. The lowest BCUT2D eigenvalue weighted by atomic mass is 9.82. The molecule has 0 spiro atoms. The fourth-order valence-corrected chi connectivity index (χ4v) is 4.58. The summed E-state index contributed by atoms with van der Waals surface area (Å²) in [7, 11) is 1.61. The molecule has 1 aliphatic carbocycles. The number of ether oxygens (including phenoxy) is 2. The molecule has 34 heavy (non-hydrogen) atoms. The molecule has 0 unspecified atom stereocenters. The van der Waals surface area contributed by atoms with Crippen molar-refractivity contribution in [3.63, 3.8) is 0 Å². The zero-order valence-corrected chi connectivity index (χ0v) is 18.9. The smallest absolute Gasteiger partial charge is 0.362 e. The number of fused-ring (bicyclic) bond motifs is 1. The molecule has 2 aromatic heterocycles. The molecule has 0 radical (unpaired) electrons. The number of carboxylic acid groups (broad SMARTS) is 1. The van der Waals surface area contributed by atoms with Crippen LogP contribution in [0.3, 0.4) is 0 Å². The Hall–Kier alpha value is -3.94. The van der Waals surface area contributed by atoms with Gasteiger partial charge in [0.2, 0.25) is 11.6 Å². The van der Waals surface area contributed by atoms with E-state index >= 15 is 0 Å². The maximum atomic E-state index is 11.7. The van der Waals surface area contributed by atoms with Crippen LogP contribution in [0.4, 0.5) is 0 Å². The zero-order chi connectivity index (χ0) is 23.5. The van der Waals surface area contributed by atoms with Crippen LogP contribution in [0.1, 0.15) is 53.2 Å². The zero-order valence-electron chi connectivity index (χ0n) is 18.9. The van der Waals surface area contributed by atoms with Crippen molar-refractivity contribution in [2.75, 3.05) is 7.11 Å². The summed E-state index contributed by atoms with van der Waals surface area (Å²) in [4.78, 5) is 16.1. The van der Waals surface area contributed by atoms with Crippen molar-refractivity contribution < 1.29 is 19.4 Å². The maximum Gasteiger partial charge on any atom is 0.362 e. The SMILES string of the molecule is COc1ccc(Cn2nnc(C(=O)O)c2O[C@H]2CC[C@H](c3ccc4ncccc4c3)CC2)cc1. The summed E-state index contributed by atoms with van der Waals surface area (Å²) in [6.07, 6.45) is 5.34. The van der Waals surface area contributed by atoms with Crippen LogP contribution in [0.25, 0.3) is 10.9 Å². The van der Waals surface area contributed by atoms with E-state index in [9.17, 15) is 9.90 Å². The van der Waals surface area contributed by atoms with Crippen LogP contribution in [0.2, 0.25) is 0 Å². The lowest BCUT2D eigenvalue weighted by Crippen LogP contribution is -2.25. The average Bonchev–Trinajstić information content (AvgIpc) is 3.27. The monoisotopic (exact) mass is 458 g/mol. The van der Waals surface area contributed by atoms with E-state index in [0.717, 1.165) is 47.9 Å². The van der Waals surface area contributed by atoms with Crippen molar-refractivity contribution in [3.05, 3.63) is 77.6 Å². The lowest BCUT2D eigenvalue weighted by Gasteiger charge is -2.29. The second-order valence-corrected chi connectivity index (χ2v) is 8.60. The van der Waals surface area contributed by atoms with E-state index in [1.54, 1.807) is 7.11 Å². The molecule has 0 amide bonds. The molecule has 8 heteroatoms. The first-order valence-corrected chi connectivity index (χ1v) is 11.4. The first kappa shape index (κ1) is 21.9. The number of methoxy groups -OCH3 is 1. The van der Waals surface area contributed by atoms with Crippen LogP contribution in [0.5, 0.6) is 11.6 Å². The van der Waals surface area contributed by atoms with Crippen molar-refractivity contribution in [3.8, 4) is 11.6 Å². The molecule has 1 N–H and O–H groups in total. The first-order valence-electron chi connectivity index (χ1n) is 11.4. The number of benzene rings is 2. The van der Waals surface area contributed by atoms with E-state index in [1.165, 1.54) is 10.2 Å². The summed E-state index contributed by atoms with van der Waals surface area (Å²) in [5.41, 5.74) is 3.11. The molecule has 1 saturated carbocycles. The number of aromatic nitrogens is 4. The Bertz CT molecular complexity index is 1290. The lowest BCUT2D eigenvalue weighted by molar-refractivity contribution is 0.0676. The molecule has 174 valence electrons. The highest BCUT2D eigenvalue weighted by atomic mass is 16.5. The van der Waals surface area contributed by atoms with E-state index in [-0.39, 0.29) is 17.7 Å². The number of aromatic carboxylic acids is 1. The molecule has 0 aliphatic heterocycles.